The zero-order chi connectivity index (χ0) is 54.4. The van der Waals surface area contributed by atoms with Crippen LogP contribution in [0.5, 0.6) is 0 Å². The number of amides is 4. The van der Waals surface area contributed by atoms with Crippen LogP contribution in [0.1, 0.15) is 78.1 Å². The molecule has 0 aliphatic heterocycles. The fourth-order valence-electron chi connectivity index (χ4n) is 10.1. The number of carbonyl (C=O) groups excluding carboxylic acids is 8. The molecule has 4 amide bonds. The quantitative estimate of drug-likeness (QED) is 0.0127. The highest BCUT2D eigenvalue weighted by Gasteiger charge is 2.62. The largest absolute Gasteiger partial charge is 0.550 e. The van der Waals surface area contributed by atoms with Gasteiger partial charge in [-0.1, -0.05) is 47.1 Å². The summed E-state index contributed by atoms with van der Waals surface area (Å²) in [5.74, 6) is -14.7. The monoisotopic (exact) mass is 1070 g/mol. The molecule has 4 rings (SSSR count). The van der Waals surface area contributed by atoms with Crippen LogP contribution >= 0.6 is 21.6 Å². The first-order valence-electron chi connectivity index (χ1n) is 23.3. The lowest BCUT2D eigenvalue weighted by Gasteiger charge is -2.56. The molecule has 4 aliphatic rings. The number of aliphatic carboxylic acids is 4. The summed E-state index contributed by atoms with van der Waals surface area (Å²) in [5, 5.41) is 71.6. The average Bonchev–Trinajstić information content (AvgIpc) is 3.64. The molecule has 73 heavy (non-hydrogen) atoms. The minimum atomic E-state index is -2.07. The number of nitrogens with zero attached hydrogens (tertiary/aromatic N) is 1. The summed E-state index contributed by atoms with van der Waals surface area (Å²) in [7, 11) is 1.85. The molecule has 0 heterocycles. The van der Waals surface area contributed by atoms with Crippen LogP contribution in [-0.4, -0.2) is 164 Å². The van der Waals surface area contributed by atoms with E-state index >= 15 is 0 Å². The molecular weight excluding hydrogens is 1010 g/mol. The molecule has 12 atom stereocenters. The topological polar surface area (TPSA) is 443 Å². The Balaban J connectivity index is 1.25. The van der Waals surface area contributed by atoms with E-state index in [4.69, 9.17) is 26.0 Å². The number of nitrogens with two attached hydrogens (primary N) is 2. The first kappa shape index (κ1) is 59.3. The second-order valence-corrected chi connectivity index (χ2v) is 21.2. The molecule has 3 fully saturated rings. The van der Waals surface area contributed by atoms with Gasteiger partial charge in [0.25, 0.3) is 0 Å². The molecule has 28 heteroatoms. The SMILES string of the molecule is CC(CC(=O)O)C(=O)NC(CCCN=C(N)N)C(=O)NC(CC(=O)O)C(=O)NC(CC(=O)[O-])C(=O)NC(CSSCCOC(=O)OCC(=O)C1(O)CCC2C3CCC4=CC(=O)C=CC4(C)C3C(O)CC21)C(=O)O. The third-order valence-electron chi connectivity index (χ3n) is 13.6. The molecule has 0 spiro atoms. The lowest BCUT2D eigenvalue weighted by Crippen LogP contribution is -2.59. The lowest BCUT2D eigenvalue weighted by molar-refractivity contribution is -0.306. The van der Waals surface area contributed by atoms with Gasteiger partial charge in [0.05, 0.1) is 18.9 Å². The second-order valence-electron chi connectivity index (χ2n) is 18.6. The van der Waals surface area contributed by atoms with Crippen molar-refractivity contribution in [3.05, 3.63) is 23.8 Å². The molecule has 0 saturated heterocycles. The van der Waals surface area contributed by atoms with Crippen LogP contribution < -0.4 is 37.8 Å². The van der Waals surface area contributed by atoms with Crippen molar-refractivity contribution in [1.82, 2.24) is 21.3 Å². The highest BCUT2D eigenvalue weighted by molar-refractivity contribution is 8.76. The zero-order valence-electron chi connectivity index (χ0n) is 40.0. The number of hydrogen-bond acceptors (Lipinski definition) is 19. The molecule has 4 aliphatic carbocycles. The van der Waals surface area contributed by atoms with E-state index in [0.717, 1.165) is 27.2 Å². The molecule has 0 radical (unpaired) electrons. The predicted molar refractivity (Wildman–Crippen MR) is 254 cm³/mol. The maximum atomic E-state index is 13.4. The van der Waals surface area contributed by atoms with Crippen LogP contribution in [0.2, 0.25) is 0 Å². The maximum absolute atomic E-state index is 13.4. The second kappa shape index (κ2) is 26.6. The Bertz CT molecular complexity index is 2240. The predicted octanol–water partition coefficient (Wildman–Crippen LogP) is -2.49. The van der Waals surface area contributed by atoms with Crippen molar-refractivity contribution in [2.75, 3.05) is 31.3 Å². The minimum absolute atomic E-state index is 0.0125. The normalized spacial score (nSPS) is 25.7. The van der Waals surface area contributed by atoms with Gasteiger partial charge in [0, 0.05) is 53.6 Å². The number of fused-ring (bicyclic) bond motifs is 5. The van der Waals surface area contributed by atoms with Gasteiger partial charge < -0.3 is 77.6 Å². The first-order valence-corrected chi connectivity index (χ1v) is 25.8. The summed E-state index contributed by atoms with van der Waals surface area (Å²) in [6.45, 7) is 2.14. The number of hydrogen-bond donors (Lipinski definition) is 11. The summed E-state index contributed by atoms with van der Waals surface area (Å²) in [5.41, 5.74) is 9.21. The Morgan fingerprint density at radius 2 is 1.47 bits per heavy atom. The molecule has 0 aromatic rings. The number of carboxylic acid groups (broad SMARTS) is 4. The number of carboxylic acids is 4. The van der Waals surface area contributed by atoms with Crippen molar-refractivity contribution < 1.29 is 92.9 Å². The van der Waals surface area contributed by atoms with E-state index in [2.05, 4.69) is 20.9 Å². The molecular formula is C45H62N7O19S2-. The van der Waals surface area contributed by atoms with Crippen LogP contribution in [0.25, 0.3) is 0 Å². The van der Waals surface area contributed by atoms with Gasteiger partial charge >= 0.3 is 24.1 Å². The van der Waals surface area contributed by atoms with Crippen molar-refractivity contribution in [1.29, 1.82) is 0 Å². The van der Waals surface area contributed by atoms with E-state index in [-0.39, 0.29) is 79.8 Å². The summed E-state index contributed by atoms with van der Waals surface area (Å²) >= 11 is 0. The molecule has 13 N–H and O–H groups in total. The first-order chi connectivity index (χ1) is 34.3. The van der Waals surface area contributed by atoms with Crippen molar-refractivity contribution in [2.45, 2.75) is 114 Å². The molecule has 12 unspecified atom stereocenters. The standard InChI is InChI=1S/C45H63N7O19S2/c1-21(14-33(56)57)37(62)49-27(4-3-11-48-42(46)47)38(63)50-28(17-34(58)59)39(64)51-29(18-35(60)61)40(65)52-30(41(66)67)20-73-72-13-12-70-43(68)71-19-32(55)45(69)10-8-24-25-6-5-22-15-23(53)7-9-44(22,2)36(25)31(54)16-26(24)45/h7,9,15,21,24-31,36,54,69H,3-6,8,10-14,16-20H2,1-2H3,(H,49,62)(H,50,63)(H,51,64)(H,52,65)(H,56,57)(H,58,59)(H,60,61)(H,66,67)(H4,46,47,48)/p-1. The van der Waals surface area contributed by atoms with Gasteiger partial charge in [0.1, 0.15) is 36.4 Å². The summed E-state index contributed by atoms with van der Waals surface area (Å²) in [6, 6.07) is -7.30. The molecule has 0 aromatic carbocycles. The Kier molecular flexibility index (Phi) is 21.6. The molecule has 404 valence electrons. The Morgan fingerprint density at radius 3 is 2.08 bits per heavy atom. The van der Waals surface area contributed by atoms with Crippen LogP contribution in [0.4, 0.5) is 4.79 Å². The lowest BCUT2D eigenvalue weighted by atomic mass is 9.49. The zero-order valence-corrected chi connectivity index (χ0v) is 41.6. The van der Waals surface area contributed by atoms with E-state index < -0.39 is 138 Å². The van der Waals surface area contributed by atoms with E-state index in [1.165, 1.54) is 13.0 Å². The van der Waals surface area contributed by atoms with E-state index in [9.17, 15) is 78.3 Å². The number of Topliss-reactive ketones (excluding diaryl/α,β-unsaturated/α-hetero) is 1. The number of aliphatic hydroxyl groups excluding tert-OH is 1. The van der Waals surface area contributed by atoms with E-state index in [1.807, 2.05) is 18.3 Å². The Morgan fingerprint density at radius 1 is 0.849 bits per heavy atom. The van der Waals surface area contributed by atoms with Crippen molar-refractivity contribution >= 4 is 92.8 Å². The van der Waals surface area contributed by atoms with Crippen LogP contribution in [-0.2, 0) is 57.4 Å². The molecule has 0 bridgehead atoms. The number of rotatable bonds is 28. The number of nitrogens with one attached hydrogen (secondary N) is 4. The summed E-state index contributed by atoms with van der Waals surface area (Å²) < 4.78 is 10.0. The van der Waals surface area contributed by atoms with Crippen LogP contribution in [0.3, 0.4) is 0 Å². The average molecular weight is 1070 g/mol. The number of ketones is 2. The maximum Gasteiger partial charge on any atom is 0.508 e. The number of ether oxygens (including phenoxy) is 2. The van der Waals surface area contributed by atoms with Gasteiger partial charge in [0.2, 0.25) is 29.4 Å². The summed E-state index contributed by atoms with van der Waals surface area (Å²) in [4.78, 5) is 141. The fourth-order valence-corrected chi connectivity index (χ4v) is 12.1. The minimum Gasteiger partial charge on any atom is -0.550 e. The van der Waals surface area contributed by atoms with Crippen molar-refractivity contribution in [2.24, 2.45) is 51.5 Å². The van der Waals surface area contributed by atoms with Gasteiger partial charge in [-0.05, 0) is 68.9 Å². The Hall–Kier alpha value is -6.26. The number of carbonyl (C=O) groups is 11. The van der Waals surface area contributed by atoms with Gasteiger partial charge in [-0.25, -0.2) is 9.59 Å². The van der Waals surface area contributed by atoms with Gasteiger partial charge in [0.15, 0.2) is 18.3 Å². The highest BCUT2D eigenvalue weighted by Crippen LogP contribution is 2.62. The van der Waals surface area contributed by atoms with Crippen LogP contribution in [0, 0.1) is 35.0 Å². The molecule has 3 saturated carbocycles. The van der Waals surface area contributed by atoms with Gasteiger partial charge in [-0.2, -0.15) is 0 Å². The molecule has 26 nitrogen and oxygen atoms in total. The number of allylic oxidation sites excluding steroid dienone is 4. The Labute approximate surface area is 426 Å². The number of aliphatic hydroxyl groups is 2. The number of guanidine groups is 1. The van der Waals surface area contributed by atoms with Crippen molar-refractivity contribution in [3.8, 4) is 0 Å². The van der Waals surface area contributed by atoms with Gasteiger partial charge in [-0.3, -0.25) is 43.3 Å². The van der Waals surface area contributed by atoms with Crippen LogP contribution in [0.15, 0.2) is 28.8 Å². The fraction of sp³-hybridized carbons (Fsp3) is 0.644. The third kappa shape index (κ3) is 16.4. The number of aliphatic imine (C=N–C) groups is 1. The summed E-state index contributed by atoms with van der Waals surface area (Å²) in [6.07, 6.45) is 1.89. The third-order valence-corrected chi connectivity index (χ3v) is 16.0. The van der Waals surface area contributed by atoms with E-state index in [1.54, 1.807) is 6.08 Å². The smallest absolute Gasteiger partial charge is 0.508 e. The van der Waals surface area contributed by atoms with Gasteiger partial charge in [-0.15, -0.1) is 0 Å². The van der Waals surface area contributed by atoms with E-state index in [0.29, 0.717) is 19.3 Å². The highest BCUT2D eigenvalue weighted by atomic mass is 33.1. The molecule has 0 aromatic heterocycles. The van der Waals surface area contributed by atoms with Crippen molar-refractivity contribution in [3.63, 3.8) is 0 Å².